The number of methoxy groups -OCH3 is 1. The molecule has 1 atom stereocenters. The van der Waals surface area contributed by atoms with Crippen LogP contribution in [0, 0.1) is 5.82 Å². The number of para-hydroxylation sites is 3. The molecule has 0 aliphatic carbocycles. The van der Waals surface area contributed by atoms with E-state index in [1.165, 1.54) is 37.4 Å². The van der Waals surface area contributed by atoms with Gasteiger partial charge in [0.2, 0.25) is 0 Å². The van der Waals surface area contributed by atoms with E-state index < -0.39 is 27.9 Å². The highest BCUT2D eigenvalue weighted by molar-refractivity contribution is 7.92. The van der Waals surface area contributed by atoms with Crippen molar-refractivity contribution in [2.45, 2.75) is 11.0 Å². The van der Waals surface area contributed by atoms with Crippen LogP contribution in [0.5, 0.6) is 11.5 Å². The largest absolute Gasteiger partial charge is 0.497 e. The third-order valence-corrected chi connectivity index (χ3v) is 6.60. The highest BCUT2D eigenvalue weighted by Crippen LogP contribution is 2.37. The Morgan fingerprint density at radius 1 is 1.06 bits per heavy atom. The van der Waals surface area contributed by atoms with E-state index in [2.05, 4.69) is 5.32 Å². The van der Waals surface area contributed by atoms with E-state index in [0.29, 0.717) is 11.4 Å². The fourth-order valence-electron chi connectivity index (χ4n) is 3.22. The van der Waals surface area contributed by atoms with Gasteiger partial charge in [0.1, 0.15) is 17.3 Å². The molecule has 31 heavy (non-hydrogen) atoms. The summed E-state index contributed by atoms with van der Waals surface area (Å²) in [4.78, 5) is 12.8. The number of halogens is 1. The fourth-order valence-corrected chi connectivity index (χ4v) is 4.69. The Morgan fingerprint density at radius 3 is 2.45 bits per heavy atom. The van der Waals surface area contributed by atoms with Crippen LogP contribution in [-0.4, -0.2) is 34.1 Å². The van der Waals surface area contributed by atoms with E-state index in [1.807, 2.05) is 0 Å². The molecule has 0 spiro atoms. The molecule has 0 saturated heterocycles. The van der Waals surface area contributed by atoms with Crippen molar-refractivity contribution in [3.63, 3.8) is 0 Å². The first-order valence-electron chi connectivity index (χ1n) is 9.38. The molecule has 0 saturated carbocycles. The maximum atomic E-state index is 13.9. The van der Waals surface area contributed by atoms with Crippen LogP contribution < -0.4 is 19.1 Å². The lowest BCUT2D eigenvalue weighted by Gasteiger charge is -2.34. The van der Waals surface area contributed by atoms with Crippen LogP contribution in [-0.2, 0) is 14.8 Å². The molecule has 7 nitrogen and oxygen atoms in total. The van der Waals surface area contributed by atoms with E-state index in [9.17, 15) is 17.6 Å². The van der Waals surface area contributed by atoms with E-state index in [0.717, 1.165) is 4.31 Å². The number of hydrogen-bond acceptors (Lipinski definition) is 5. The van der Waals surface area contributed by atoms with E-state index >= 15 is 0 Å². The monoisotopic (exact) mass is 442 g/mol. The molecular weight excluding hydrogens is 423 g/mol. The number of ether oxygens (including phenoxy) is 2. The zero-order chi connectivity index (χ0) is 22.0. The summed E-state index contributed by atoms with van der Waals surface area (Å²) in [7, 11) is -2.52. The number of fused-ring (bicyclic) bond motifs is 1. The molecule has 0 aromatic heterocycles. The van der Waals surface area contributed by atoms with Crippen LogP contribution in [0.2, 0.25) is 0 Å². The summed E-state index contributed by atoms with van der Waals surface area (Å²) < 4.78 is 52.6. The van der Waals surface area contributed by atoms with Crippen LogP contribution in [0.1, 0.15) is 0 Å². The number of nitrogens with zero attached hydrogens (tertiary/aromatic N) is 1. The minimum Gasteiger partial charge on any atom is -0.497 e. The zero-order valence-corrected chi connectivity index (χ0v) is 17.3. The number of sulfonamides is 1. The molecule has 0 bridgehead atoms. The first-order valence-corrected chi connectivity index (χ1v) is 10.8. The third-order valence-electron chi connectivity index (χ3n) is 4.81. The number of nitrogens with one attached hydrogen (secondary N) is 1. The van der Waals surface area contributed by atoms with Gasteiger partial charge in [-0.25, -0.2) is 12.8 Å². The number of amides is 1. The second kappa shape index (κ2) is 8.27. The number of hydrogen-bond donors (Lipinski definition) is 1. The second-order valence-corrected chi connectivity index (χ2v) is 8.62. The molecule has 9 heteroatoms. The van der Waals surface area contributed by atoms with Crippen molar-refractivity contribution in [2.75, 3.05) is 23.3 Å². The highest BCUT2D eigenvalue weighted by Gasteiger charge is 2.37. The summed E-state index contributed by atoms with van der Waals surface area (Å²) in [5, 5.41) is 2.46. The van der Waals surface area contributed by atoms with Crippen molar-refractivity contribution in [1.82, 2.24) is 0 Å². The maximum absolute atomic E-state index is 13.9. The summed E-state index contributed by atoms with van der Waals surface area (Å²) in [5.41, 5.74) is 0.299. The minimum atomic E-state index is -4.00. The molecule has 1 N–H and O–H groups in total. The Hall–Kier alpha value is -3.59. The van der Waals surface area contributed by atoms with Gasteiger partial charge in [-0.1, -0.05) is 24.3 Å². The number of carbonyl (C=O) groups is 1. The number of carbonyl (C=O) groups excluding carboxylic acids is 1. The smallest absolute Gasteiger partial charge is 0.267 e. The molecule has 3 aromatic rings. The number of anilines is 2. The van der Waals surface area contributed by atoms with Crippen LogP contribution in [0.15, 0.2) is 77.7 Å². The van der Waals surface area contributed by atoms with Crippen LogP contribution in [0.4, 0.5) is 15.8 Å². The zero-order valence-electron chi connectivity index (χ0n) is 16.5. The molecule has 0 unspecified atom stereocenters. The van der Waals surface area contributed by atoms with E-state index in [1.54, 1.807) is 42.5 Å². The number of rotatable bonds is 5. The Balaban J connectivity index is 1.67. The molecule has 0 fully saturated rings. The lowest BCUT2D eigenvalue weighted by Crippen LogP contribution is -2.48. The lowest BCUT2D eigenvalue weighted by molar-refractivity contribution is -0.122. The highest BCUT2D eigenvalue weighted by atomic mass is 32.2. The number of benzene rings is 3. The Kier molecular flexibility index (Phi) is 5.51. The Morgan fingerprint density at radius 2 is 1.74 bits per heavy atom. The van der Waals surface area contributed by atoms with Crippen molar-refractivity contribution in [2.24, 2.45) is 0 Å². The first-order chi connectivity index (χ1) is 14.9. The van der Waals surface area contributed by atoms with Gasteiger partial charge < -0.3 is 14.8 Å². The van der Waals surface area contributed by atoms with E-state index in [-0.39, 0.29) is 22.9 Å². The summed E-state index contributed by atoms with van der Waals surface area (Å²) in [6.45, 7) is -0.272. The topological polar surface area (TPSA) is 84.9 Å². The third kappa shape index (κ3) is 4.04. The molecule has 3 aromatic carbocycles. The molecule has 0 radical (unpaired) electrons. The van der Waals surface area contributed by atoms with Crippen molar-refractivity contribution in [3.8, 4) is 11.5 Å². The molecule has 1 aliphatic rings. The Bertz CT molecular complexity index is 1210. The van der Waals surface area contributed by atoms with Gasteiger partial charge in [0.15, 0.2) is 6.10 Å². The van der Waals surface area contributed by atoms with Gasteiger partial charge in [-0.05, 0) is 48.5 Å². The van der Waals surface area contributed by atoms with Gasteiger partial charge in [0.25, 0.3) is 15.9 Å². The van der Waals surface area contributed by atoms with Crippen LogP contribution in [0.3, 0.4) is 0 Å². The molecule has 1 heterocycles. The normalized spacial score (nSPS) is 15.5. The fraction of sp³-hybridized carbons (Fsp3) is 0.136. The van der Waals surface area contributed by atoms with Crippen LogP contribution in [0.25, 0.3) is 0 Å². The average molecular weight is 442 g/mol. The second-order valence-electron chi connectivity index (χ2n) is 6.75. The maximum Gasteiger partial charge on any atom is 0.267 e. The van der Waals surface area contributed by atoms with Crippen molar-refractivity contribution in [1.29, 1.82) is 0 Å². The van der Waals surface area contributed by atoms with Gasteiger partial charge in [-0.2, -0.15) is 0 Å². The van der Waals surface area contributed by atoms with Gasteiger partial charge in [-0.3, -0.25) is 9.10 Å². The van der Waals surface area contributed by atoms with Crippen molar-refractivity contribution >= 4 is 27.3 Å². The molecule has 1 aliphatic heterocycles. The standard InChI is InChI=1S/C22H19FN2O5S/c1-29-15-10-12-16(13-11-15)31(27,28)25-14-21(30-20-9-5-4-8-19(20)25)22(26)24-18-7-3-2-6-17(18)23/h2-13,21H,14H2,1H3,(H,24,26)/t21-/m0/s1. The average Bonchev–Trinajstić information content (AvgIpc) is 2.79. The summed E-state index contributed by atoms with van der Waals surface area (Å²) in [6.07, 6.45) is -1.18. The first kappa shape index (κ1) is 20.7. The lowest BCUT2D eigenvalue weighted by atomic mass is 10.2. The predicted molar refractivity (Wildman–Crippen MR) is 113 cm³/mol. The summed E-state index contributed by atoms with van der Waals surface area (Å²) >= 11 is 0. The van der Waals surface area contributed by atoms with Gasteiger partial charge >= 0.3 is 0 Å². The van der Waals surface area contributed by atoms with Crippen molar-refractivity contribution < 1.29 is 27.1 Å². The quantitative estimate of drug-likeness (QED) is 0.655. The van der Waals surface area contributed by atoms with Crippen molar-refractivity contribution in [3.05, 3.63) is 78.6 Å². The van der Waals surface area contributed by atoms with Gasteiger partial charge in [0, 0.05) is 0 Å². The van der Waals surface area contributed by atoms with E-state index in [4.69, 9.17) is 9.47 Å². The summed E-state index contributed by atoms with van der Waals surface area (Å²) in [6, 6.07) is 18.2. The van der Waals surface area contributed by atoms with Crippen LogP contribution >= 0.6 is 0 Å². The SMILES string of the molecule is COc1ccc(S(=O)(=O)N2C[C@@H](C(=O)Nc3ccccc3F)Oc3ccccc32)cc1. The molecule has 160 valence electrons. The minimum absolute atomic E-state index is 0.0143. The van der Waals surface area contributed by atoms with Gasteiger partial charge in [0.05, 0.1) is 29.9 Å². The predicted octanol–water partition coefficient (Wildman–Crippen LogP) is 3.43. The Labute approximate surface area is 179 Å². The summed E-state index contributed by atoms with van der Waals surface area (Å²) in [5.74, 6) is -0.507. The van der Waals surface area contributed by atoms with Gasteiger partial charge in [-0.15, -0.1) is 0 Å². The molecule has 1 amide bonds. The molecular formula is C22H19FN2O5S. The molecule has 4 rings (SSSR count).